The summed E-state index contributed by atoms with van der Waals surface area (Å²) in [5.41, 5.74) is 0. The van der Waals surface area contributed by atoms with Gasteiger partial charge < -0.3 is 10.2 Å². The van der Waals surface area contributed by atoms with Crippen LogP contribution < -0.4 is 5.32 Å². The summed E-state index contributed by atoms with van der Waals surface area (Å²) in [4.78, 5) is 2.11. The highest BCUT2D eigenvalue weighted by Gasteiger charge is 2.25. The lowest BCUT2D eigenvalue weighted by Gasteiger charge is -2.35. The minimum Gasteiger partial charge on any atom is -0.369 e. The van der Waals surface area contributed by atoms with Crippen molar-refractivity contribution in [2.75, 3.05) is 25.9 Å². The van der Waals surface area contributed by atoms with Gasteiger partial charge in [-0.25, -0.2) is 0 Å². The van der Waals surface area contributed by atoms with E-state index in [-0.39, 0.29) is 6.10 Å². The minimum atomic E-state index is -3.37. The molecule has 1 unspecified atom stereocenters. The van der Waals surface area contributed by atoms with Crippen LogP contribution in [0.5, 0.6) is 0 Å². The van der Waals surface area contributed by atoms with Crippen LogP contribution in [0.25, 0.3) is 0 Å². The van der Waals surface area contributed by atoms with Gasteiger partial charge in [0.15, 0.2) is 0 Å². The molecule has 0 amide bonds. The Labute approximate surface area is 95.9 Å². The Morgan fingerprint density at radius 2 is 2.38 bits per heavy atom. The van der Waals surface area contributed by atoms with E-state index >= 15 is 0 Å². The average Bonchev–Trinajstić information content (AvgIpc) is 2.39. The zero-order chi connectivity index (χ0) is 11.6. The topological polar surface area (TPSA) is 58.6 Å². The number of nitrogens with one attached hydrogen (secondary N) is 1. The van der Waals surface area contributed by atoms with Crippen molar-refractivity contribution >= 4 is 10.1 Å². The average molecular weight is 244 g/mol. The summed E-state index contributed by atoms with van der Waals surface area (Å²) >= 11 is 0. The van der Waals surface area contributed by atoms with E-state index in [1.165, 1.54) is 0 Å². The lowest BCUT2D eigenvalue weighted by Crippen LogP contribution is -2.49. The first-order valence-corrected chi connectivity index (χ1v) is 7.10. The van der Waals surface area contributed by atoms with E-state index in [2.05, 4.69) is 16.3 Å². The maximum atomic E-state index is 11.0. The summed E-state index contributed by atoms with van der Waals surface area (Å²) in [6, 6.07) is 0. The number of hydrogen-bond donors (Lipinski definition) is 1. The zero-order valence-corrected chi connectivity index (χ0v) is 10.0. The molecule has 0 aromatic carbocycles. The van der Waals surface area contributed by atoms with E-state index < -0.39 is 10.1 Å². The highest BCUT2D eigenvalue weighted by Crippen LogP contribution is 2.15. The fourth-order valence-electron chi connectivity index (χ4n) is 1.91. The fraction of sp³-hybridized carbons (Fsp3) is 0.600. The standard InChI is InChI=1S/C10H16N2O3S/c1-16(13,14)15-9-7-11-10-5-3-2-4-6-12(10)8-9/h2-3,5,9,11H,4,6-8H2,1H3. The van der Waals surface area contributed by atoms with E-state index in [0.717, 1.165) is 25.0 Å². The monoisotopic (exact) mass is 244 g/mol. The molecule has 2 rings (SSSR count). The number of nitrogens with zero attached hydrogens (tertiary/aromatic N) is 1. The van der Waals surface area contributed by atoms with Crippen molar-refractivity contribution in [3.63, 3.8) is 0 Å². The molecule has 0 aromatic rings. The van der Waals surface area contributed by atoms with Crippen LogP contribution >= 0.6 is 0 Å². The minimum absolute atomic E-state index is 0.301. The van der Waals surface area contributed by atoms with Crippen LogP contribution in [0.4, 0.5) is 0 Å². The summed E-state index contributed by atoms with van der Waals surface area (Å²) in [5, 5.41) is 3.18. The smallest absolute Gasteiger partial charge is 0.264 e. The molecular formula is C10H16N2O3S. The molecule has 0 spiro atoms. The van der Waals surface area contributed by atoms with Gasteiger partial charge in [0.1, 0.15) is 11.9 Å². The molecule has 90 valence electrons. The second kappa shape index (κ2) is 4.47. The largest absolute Gasteiger partial charge is 0.369 e. The Hall–Kier alpha value is -1.01. The van der Waals surface area contributed by atoms with Crippen LogP contribution in [0, 0.1) is 0 Å². The first-order chi connectivity index (χ1) is 7.54. The molecule has 16 heavy (non-hydrogen) atoms. The maximum Gasteiger partial charge on any atom is 0.264 e. The summed E-state index contributed by atoms with van der Waals surface area (Å²) in [7, 11) is -3.37. The SMILES string of the molecule is CS(=O)(=O)OC1CNC2=CC=CCCN2C1. The molecule has 0 saturated carbocycles. The van der Waals surface area contributed by atoms with Crippen LogP contribution in [0.2, 0.25) is 0 Å². The van der Waals surface area contributed by atoms with E-state index in [1.54, 1.807) is 0 Å². The predicted octanol–water partition coefficient (Wildman–Crippen LogP) is 0.0377. The molecule has 0 bridgehead atoms. The molecule has 2 aliphatic heterocycles. The van der Waals surface area contributed by atoms with Crippen LogP contribution in [0.3, 0.4) is 0 Å². The van der Waals surface area contributed by atoms with Crippen LogP contribution in [0.15, 0.2) is 24.0 Å². The van der Waals surface area contributed by atoms with Gasteiger partial charge in [0.05, 0.1) is 6.26 Å². The van der Waals surface area contributed by atoms with Gasteiger partial charge in [-0.05, 0) is 12.5 Å². The van der Waals surface area contributed by atoms with Gasteiger partial charge in [0.2, 0.25) is 0 Å². The number of rotatable bonds is 2. The summed E-state index contributed by atoms with van der Waals surface area (Å²) in [6.45, 7) is 2.04. The van der Waals surface area contributed by atoms with E-state index in [0.29, 0.717) is 13.1 Å². The summed E-state index contributed by atoms with van der Waals surface area (Å²) in [5.74, 6) is 1.04. The lowest BCUT2D eigenvalue weighted by atomic mass is 10.2. The van der Waals surface area contributed by atoms with Crippen LogP contribution in [-0.2, 0) is 14.3 Å². The molecule has 0 aliphatic carbocycles. The molecule has 6 heteroatoms. The Morgan fingerprint density at radius 3 is 3.12 bits per heavy atom. The molecule has 1 atom stereocenters. The molecule has 5 nitrogen and oxygen atoms in total. The van der Waals surface area contributed by atoms with E-state index in [1.807, 2.05) is 12.2 Å². The Bertz CT molecular complexity index is 414. The molecule has 1 saturated heterocycles. The number of allylic oxidation sites excluding steroid dienone is 2. The second-order valence-corrected chi connectivity index (χ2v) is 5.62. The molecule has 1 fully saturated rings. The quantitative estimate of drug-likeness (QED) is 0.695. The van der Waals surface area contributed by atoms with Gasteiger partial charge >= 0.3 is 0 Å². The molecular weight excluding hydrogens is 228 g/mol. The fourth-order valence-corrected chi connectivity index (χ4v) is 2.54. The van der Waals surface area contributed by atoms with E-state index in [4.69, 9.17) is 4.18 Å². The Balaban J connectivity index is 2.00. The van der Waals surface area contributed by atoms with Crippen molar-refractivity contribution in [1.82, 2.24) is 10.2 Å². The summed E-state index contributed by atoms with van der Waals surface area (Å²) < 4.78 is 27.1. The highest BCUT2D eigenvalue weighted by atomic mass is 32.2. The van der Waals surface area contributed by atoms with E-state index in [9.17, 15) is 8.42 Å². The normalized spacial score (nSPS) is 25.4. The Kier molecular flexibility index (Phi) is 3.20. The first-order valence-electron chi connectivity index (χ1n) is 5.28. The van der Waals surface area contributed by atoms with Crippen molar-refractivity contribution in [2.24, 2.45) is 0 Å². The predicted molar refractivity (Wildman–Crippen MR) is 61.1 cm³/mol. The van der Waals surface area contributed by atoms with Crippen LogP contribution in [0.1, 0.15) is 6.42 Å². The van der Waals surface area contributed by atoms with Gasteiger partial charge in [-0.3, -0.25) is 4.18 Å². The maximum absolute atomic E-state index is 11.0. The zero-order valence-electron chi connectivity index (χ0n) is 9.22. The molecule has 0 aromatic heterocycles. The third kappa shape index (κ3) is 2.99. The second-order valence-electron chi connectivity index (χ2n) is 4.02. The molecule has 1 N–H and O–H groups in total. The van der Waals surface area contributed by atoms with Gasteiger partial charge in [-0.1, -0.05) is 12.2 Å². The Morgan fingerprint density at radius 1 is 1.56 bits per heavy atom. The van der Waals surface area contributed by atoms with Gasteiger partial charge in [-0.2, -0.15) is 8.42 Å². The third-order valence-electron chi connectivity index (χ3n) is 2.54. The van der Waals surface area contributed by atoms with Crippen LogP contribution in [-0.4, -0.2) is 45.3 Å². The van der Waals surface area contributed by atoms with Crippen molar-refractivity contribution in [1.29, 1.82) is 0 Å². The van der Waals surface area contributed by atoms with Crippen molar-refractivity contribution in [3.05, 3.63) is 24.0 Å². The third-order valence-corrected chi connectivity index (χ3v) is 3.16. The molecule has 2 aliphatic rings. The molecule has 2 heterocycles. The molecule has 0 radical (unpaired) electrons. The van der Waals surface area contributed by atoms with Gasteiger partial charge in [0, 0.05) is 19.6 Å². The lowest BCUT2D eigenvalue weighted by molar-refractivity contribution is 0.126. The number of fused-ring (bicyclic) bond motifs is 1. The van der Waals surface area contributed by atoms with Gasteiger partial charge in [0.25, 0.3) is 10.1 Å². The van der Waals surface area contributed by atoms with Gasteiger partial charge in [-0.15, -0.1) is 0 Å². The van der Waals surface area contributed by atoms with Crippen molar-refractivity contribution in [3.8, 4) is 0 Å². The highest BCUT2D eigenvalue weighted by molar-refractivity contribution is 7.86. The first kappa shape index (κ1) is 11.5. The number of hydrogen-bond acceptors (Lipinski definition) is 5. The van der Waals surface area contributed by atoms with Crippen molar-refractivity contribution < 1.29 is 12.6 Å². The summed E-state index contributed by atoms with van der Waals surface area (Å²) in [6.07, 6.45) is 7.86. The van der Waals surface area contributed by atoms with Crippen molar-refractivity contribution in [2.45, 2.75) is 12.5 Å².